The summed E-state index contributed by atoms with van der Waals surface area (Å²) in [5.41, 5.74) is 0. The first-order valence-electron chi connectivity index (χ1n) is 5.48. The van der Waals surface area contributed by atoms with E-state index in [1.54, 1.807) is 0 Å². The van der Waals surface area contributed by atoms with Gasteiger partial charge in [0, 0.05) is 15.8 Å². The van der Waals surface area contributed by atoms with Gasteiger partial charge in [0.05, 0.1) is 0 Å². The van der Waals surface area contributed by atoms with E-state index in [9.17, 15) is 0 Å². The zero-order chi connectivity index (χ0) is 10.4. The van der Waals surface area contributed by atoms with Crippen molar-refractivity contribution in [2.24, 2.45) is 0 Å². The fraction of sp³-hybridized carbons (Fsp3) is 0.667. The van der Waals surface area contributed by atoms with Gasteiger partial charge < -0.3 is 5.32 Å². The van der Waals surface area contributed by atoms with Gasteiger partial charge >= 0.3 is 0 Å². The van der Waals surface area contributed by atoms with Crippen molar-refractivity contribution in [2.45, 2.75) is 45.6 Å². The molecule has 1 N–H and O–H groups in total. The van der Waals surface area contributed by atoms with Crippen molar-refractivity contribution in [2.75, 3.05) is 7.05 Å². The summed E-state index contributed by atoms with van der Waals surface area (Å²) in [4.78, 5) is 2.95. The molecular formula is C12H21NS. The van der Waals surface area contributed by atoms with Crippen LogP contribution in [0.3, 0.4) is 0 Å². The van der Waals surface area contributed by atoms with Crippen LogP contribution < -0.4 is 5.32 Å². The SMILES string of the molecule is CCCC(CCc1ccc(C)s1)NC. The van der Waals surface area contributed by atoms with Crippen molar-refractivity contribution >= 4 is 11.3 Å². The molecule has 0 amide bonds. The molecule has 0 saturated heterocycles. The number of hydrogen-bond donors (Lipinski definition) is 1. The van der Waals surface area contributed by atoms with E-state index in [-0.39, 0.29) is 0 Å². The number of rotatable bonds is 6. The summed E-state index contributed by atoms with van der Waals surface area (Å²) in [6.07, 6.45) is 5.06. The number of aryl methyl sites for hydroxylation is 2. The number of hydrogen-bond acceptors (Lipinski definition) is 2. The summed E-state index contributed by atoms with van der Waals surface area (Å²) in [6.45, 7) is 4.43. The standard InChI is InChI=1S/C12H21NS/c1-4-5-11(13-3)7-9-12-8-6-10(2)14-12/h6,8,11,13H,4-5,7,9H2,1-3H3. The van der Waals surface area contributed by atoms with E-state index in [0.717, 1.165) is 0 Å². The molecule has 0 spiro atoms. The highest BCUT2D eigenvalue weighted by molar-refractivity contribution is 7.11. The van der Waals surface area contributed by atoms with Crippen LogP contribution in [0.4, 0.5) is 0 Å². The number of nitrogens with one attached hydrogen (secondary N) is 1. The third-order valence-corrected chi connectivity index (χ3v) is 3.64. The molecule has 80 valence electrons. The van der Waals surface area contributed by atoms with Crippen LogP contribution >= 0.6 is 11.3 Å². The van der Waals surface area contributed by atoms with Crippen LogP contribution in [0.25, 0.3) is 0 Å². The highest BCUT2D eigenvalue weighted by atomic mass is 32.1. The first kappa shape index (κ1) is 11.7. The predicted octanol–water partition coefficient (Wildman–Crippen LogP) is 3.38. The molecule has 2 heteroatoms. The van der Waals surface area contributed by atoms with E-state index in [0.29, 0.717) is 6.04 Å². The van der Waals surface area contributed by atoms with Crippen molar-refractivity contribution in [3.8, 4) is 0 Å². The molecule has 1 heterocycles. The molecule has 0 saturated carbocycles. The first-order chi connectivity index (χ1) is 6.76. The van der Waals surface area contributed by atoms with Gasteiger partial charge in [-0.15, -0.1) is 11.3 Å². The van der Waals surface area contributed by atoms with E-state index in [4.69, 9.17) is 0 Å². The summed E-state index contributed by atoms with van der Waals surface area (Å²) < 4.78 is 0. The van der Waals surface area contributed by atoms with Crippen LogP contribution in [-0.2, 0) is 6.42 Å². The lowest BCUT2D eigenvalue weighted by Crippen LogP contribution is -2.25. The summed E-state index contributed by atoms with van der Waals surface area (Å²) in [6, 6.07) is 5.18. The van der Waals surface area contributed by atoms with Crippen LogP contribution in [0.2, 0.25) is 0 Å². The Balaban J connectivity index is 2.31. The zero-order valence-corrected chi connectivity index (χ0v) is 10.3. The summed E-state index contributed by atoms with van der Waals surface area (Å²) in [7, 11) is 2.07. The Hall–Kier alpha value is -0.340. The zero-order valence-electron chi connectivity index (χ0n) is 9.47. The van der Waals surface area contributed by atoms with Crippen LogP contribution in [0.1, 0.15) is 35.9 Å². The first-order valence-corrected chi connectivity index (χ1v) is 6.30. The van der Waals surface area contributed by atoms with E-state index in [2.05, 4.69) is 38.3 Å². The summed E-state index contributed by atoms with van der Waals surface area (Å²) in [5, 5.41) is 3.38. The maximum Gasteiger partial charge on any atom is 0.00674 e. The lowest BCUT2D eigenvalue weighted by molar-refractivity contribution is 0.485. The molecule has 0 fully saturated rings. The Labute approximate surface area is 91.5 Å². The van der Waals surface area contributed by atoms with Gasteiger partial charge in [0.2, 0.25) is 0 Å². The van der Waals surface area contributed by atoms with Gasteiger partial charge in [-0.3, -0.25) is 0 Å². The Bertz CT molecular complexity index is 255. The summed E-state index contributed by atoms with van der Waals surface area (Å²) in [5.74, 6) is 0. The molecule has 1 aromatic heterocycles. The summed E-state index contributed by atoms with van der Waals surface area (Å²) >= 11 is 1.93. The lowest BCUT2D eigenvalue weighted by atomic mass is 10.1. The molecule has 0 aliphatic carbocycles. The second-order valence-corrected chi connectivity index (χ2v) is 5.20. The molecule has 1 aromatic rings. The molecule has 1 atom stereocenters. The molecule has 14 heavy (non-hydrogen) atoms. The fourth-order valence-electron chi connectivity index (χ4n) is 1.72. The topological polar surface area (TPSA) is 12.0 Å². The minimum Gasteiger partial charge on any atom is -0.317 e. The molecule has 0 aliphatic rings. The molecule has 0 radical (unpaired) electrons. The van der Waals surface area contributed by atoms with E-state index in [1.807, 2.05) is 11.3 Å². The van der Waals surface area contributed by atoms with Gasteiger partial charge in [0.1, 0.15) is 0 Å². The van der Waals surface area contributed by atoms with Gasteiger partial charge in [-0.1, -0.05) is 13.3 Å². The third kappa shape index (κ3) is 3.81. The van der Waals surface area contributed by atoms with Crippen LogP contribution in [0.15, 0.2) is 12.1 Å². The molecule has 0 bridgehead atoms. The quantitative estimate of drug-likeness (QED) is 0.760. The monoisotopic (exact) mass is 211 g/mol. The maximum atomic E-state index is 3.38. The second-order valence-electron chi connectivity index (χ2n) is 3.83. The van der Waals surface area contributed by atoms with Crippen molar-refractivity contribution in [3.63, 3.8) is 0 Å². The Morgan fingerprint density at radius 3 is 2.64 bits per heavy atom. The molecule has 0 aliphatic heterocycles. The van der Waals surface area contributed by atoms with Gasteiger partial charge in [0.15, 0.2) is 0 Å². The van der Waals surface area contributed by atoms with E-state index < -0.39 is 0 Å². The molecule has 1 nitrogen and oxygen atoms in total. The van der Waals surface area contributed by atoms with Gasteiger partial charge in [-0.25, -0.2) is 0 Å². The Morgan fingerprint density at radius 1 is 1.36 bits per heavy atom. The highest BCUT2D eigenvalue weighted by Crippen LogP contribution is 2.18. The maximum absolute atomic E-state index is 3.38. The molecule has 1 rings (SSSR count). The average molecular weight is 211 g/mol. The molecule has 0 aromatic carbocycles. The third-order valence-electron chi connectivity index (χ3n) is 2.58. The van der Waals surface area contributed by atoms with Crippen molar-refractivity contribution < 1.29 is 0 Å². The Kier molecular flexibility index (Phi) is 5.20. The van der Waals surface area contributed by atoms with E-state index >= 15 is 0 Å². The lowest BCUT2D eigenvalue weighted by Gasteiger charge is -2.13. The Morgan fingerprint density at radius 2 is 2.14 bits per heavy atom. The second kappa shape index (κ2) is 6.20. The normalized spacial score (nSPS) is 13.1. The van der Waals surface area contributed by atoms with Crippen LogP contribution in [-0.4, -0.2) is 13.1 Å². The van der Waals surface area contributed by atoms with Gasteiger partial charge in [0.25, 0.3) is 0 Å². The van der Waals surface area contributed by atoms with E-state index in [1.165, 1.54) is 35.4 Å². The van der Waals surface area contributed by atoms with Crippen LogP contribution in [0.5, 0.6) is 0 Å². The fourth-order valence-corrected chi connectivity index (χ4v) is 2.62. The molecule has 1 unspecified atom stereocenters. The average Bonchev–Trinajstić information content (AvgIpc) is 2.59. The van der Waals surface area contributed by atoms with Crippen molar-refractivity contribution in [1.29, 1.82) is 0 Å². The van der Waals surface area contributed by atoms with Crippen molar-refractivity contribution in [1.82, 2.24) is 5.32 Å². The smallest absolute Gasteiger partial charge is 0.00674 e. The minimum atomic E-state index is 0.697. The number of thiophene rings is 1. The van der Waals surface area contributed by atoms with Crippen LogP contribution in [0, 0.1) is 6.92 Å². The largest absolute Gasteiger partial charge is 0.317 e. The van der Waals surface area contributed by atoms with Gasteiger partial charge in [-0.2, -0.15) is 0 Å². The predicted molar refractivity (Wildman–Crippen MR) is 65.1 cm³/mol. The minimum absolute atomic E-state index is 0.697. The van der Waals surface area contributed by atoms with Crippen molar-refractivity contribution in [3.05, 3.63) is 21.9 Å². The molecular weight excluding hydrogens is 190 g/mol. The van der Waals surface area contributed by atoms with Gasteiger partial charge in [-0.05, 0) is 45.4 Å². The highest BCUT2D eigenvalue weighted by Gasteiger charge is 2.05.